The van der Waals surface area contributed by atoms with Gasteiger partial charge in [-0.2, -0.15) is 0 Å². The molecular formula is C14H26O2. The van der Waals surface area contributed by atoms with Gasteiger partial charge in [0.05, 0.1) is 6.10 Å². The Morgan fingerprint density at radius 3 is 2.38 bits per heavy atom. The van der Waals surface area contributed by atoms with Gasteiger partial charge in [0.25, 0.3) is 0 Å². The second-order valence-corrected chi connectivity index (χ2v) is 4.39. The molecule has 94 valence electrons. The molecule has 0 aromatic rings. The highest BCUT2D eigenvalue weighted by molar-refractivity contribution is 5.87. The van der Waals surface area contributed by atoms with E-state index in [4.69, 9.17) is 4.74 Å². The standard InChI is InChI=1S/C14H26O2/c1-5-7-8-9-10-11-12(3)14(15)16-13(4)6-2/h13H,3,5-11H2,1-2,4H3. The van der Waals surface area contributed by atoms with Crippen LogP contribution in [0.15, 0.2) is 12.2 Å². The van der Waals surface area contributed by atoms with Gasteiger partial charge in [-0.15, -0.1) is 0 Å². The van der Waals surface area contributed by atoms with Crippen molar-refractivity contribution in [2.75, 3.05) is 0 Å². The van der Waals surface area contributed by atoms with Crippen molar-refractivity contribution < 1.29 is 9.53 Å². The molecule has 0 saturated heterocycles. The molecule has 0 aliphatic heterocycles. The van der Waals surface area contributed by atoms with Gasteiger partial charge >= 0.3 is 5.97 Å². The van der Waals surface area contributed by atoms with Crippen LogP contribution in [-0.4, -0.2) is 12.1 Å². The van der Waals surface area contributed by atoms with Crippen LogP contribution in [0.3, 0.4) is 0 Å². The minimum absolute atomic E-state index is 0.00402. The first-order valence-electron chi connectivity index (χ1n) is 6.50. The van der Waals surface area contributed by atoms with E-state index in [9.17, 15) is 4.79 Å². The monoisotopic (exact) mass is 226 g/mol. The fourth-order valence-electron chi connectivity index (χ4n) is 1.39. The quantitative estimate of drug-likeness (QED) is 0.334. The van der Waals surface area contributed by atoms with Crippen molar-refractivity contribution in [2.24, 2.45) is 0 Å². The Morgan fingerprint density at radius 2 is 1.81 bits per heavy atom. The lowest BCUT2D eigenvalue weighted by molar-refractivity contribution is -0.143. The predicted molar refractivity (Wildman–Crippen MR) is 68.4 cm³/mol. The summed E-state index contributed by atoms with van der Waals surface area (Å²) in [5.41, 5.74) is 0.622. The topological polar surface area (TPSA) is 26.3 Å². The number of rotatable bonds is 9. The normalized spacial score (nSPS) is 12.2. The fraction of sp³-hybridized carbons (Fsp3) is 0.786. The van der Waals surface area contributed by atoms with Gasteiger partial charge < -0.3 is 4.74 Å². The van der Waals surface area contributed by atoms with E-state index in [1.807, 2.05) is 13.8 Å². The number of carbonyl (C=O) groups excluding carboxylic acids is 1. The Labute approximate surface area is 100 Å². The molecule has 0 heterocycles. The van der Waals surface area contributed by atoms with Gasteiger partial charge in [-0.05, 0) is 26.2 Å². The van der Waals surface area contributed by atoms with E-state index < -0.39 is 0 Å². The van der Waals surface area contributed by atoms with Crippen LogP contribution in [0.4, 0.5) is 0 Å². The Bertz CT molecular complexity index is 209. The molecule has 0 N–H and O–H groups in total. The zero-order chi connectivity index (χ0) is 12.4. The Hall–Kier alpha value is -0.790. The molecule has 0 rings (SSSR count). The van der Waals surface area contributed by atoms with Crippen LogP contribution in [0.25, 0.3) is 0 Å². The summed E-state index contributed by atoms with van der Waals surface area (Å²) in [6, 6.07) is 0. The van der Waals surface area contributed by atoms with Crippen molar-refractivity contribution in [3.05, 3.63) is 12.2 Å². The third-order valence-corrected chi connectivity index (χ3v) is 2.75. The van der Waals surface area contributed by atoms with E-state index in [1.54, 1.807) is 0 Å². The van der Waals surface area contributed by atoms with E-state index in [2.05, 4.69) is 13.5 Å². The second-order valence-electron chi connectivity index (χ2n) is 4.39. The molecule has 0 bridgehead atoms. The largest absolute Gasteiger partial charge is 0.459 e. The molecule has 0 radical (unpaired) electrons. The zero-order valence-electron chi connectivity index (χ0n) is 11.1. The molecule has 0 aliphatic rings. The lowest BCUT2D eigenvalue weighted by Crippen LogP contribution is -2.15. The minimum Gasteiger partial charge on any atom is -0.459 e. The van der Waals surface area contributed by atoms with Gasteiger partial charge in [-0.3, -0.25) is 0 Å². The first kappa shape index (κ1) is 15.2. The summed E-state index contributed by atoms with van der Waals surface area (Å²) < 4.78 is 5.20. The SMILES string of the molecule is C=C(CCCCCCC)C(=O)OC(C)CC. The number of hydrogen-bond donors (Lipinski definition) is 0. The highest BCUT2D eigenvalue weighted by Gasteiger charge is 2.11. The van der Waals surface area contributed by atoms with Crippen LogP contribution in [0.2, 0.25) is 0 Å². The summed E-state index contributed by atoms with van der Waals surface area (Å²) in [4.78, 5) is 11.5. The second kappa shape index (κ2) is 9.44. The van der Waals surface area contributed by atoms with E-state index in [-0.39, 0.29) is 12.1 Å². The van der Waals surface area contributed by atoms with E-state index in [0.717, 1.165) is 19.3 Å². The zero-order valence-corrected chi connectivity index (χ0v) is 11.1. The Morgan fingerprint density at radius 1 is 1.19 bits per heavy atom. The molecule has 2 heteroatoms. The third-order valence-electron chi connectivity index (χ3n) is 2.75. The Kier molecular flexibility index (Phi) is 8.97. The van der Waals surface area contributed by atoms with Crippen molar-refractivity contribution in [1.29, 1.82) is 0 Å². The van der Waals surface area contributed by atoms with Crippen molar-refractivity contribution >= 4 is 5.97 Å². The van der Waals surface area contributed by atoms with Crippen LogP contribution in [0.1, 0.15) is 65.7 Å². The summed E-state index contributed by atoms with van der Waals surface area (Å²) in [5, 5.41) is 0. The van der Waals surface area contributed by atoms with E-state index >= 15 is 0 Å². The van der Waals surface area contributed by atoms with Crippen molar-refractivity contribution in [3.8, 4) is 0 Å². The summed E-state index contributed by atoms with van der Waals surface area (Å²) in [6.45, 7) is 9.90. The number of unbranched alkanes of at least 4 members (excludes halogenated alkanes) is 4. The minimum atomic E-state index is -0.218. The molecule has 2 nitrogen and oxygen atoms in total. The summed E-state index contributed by atoms with van der Waals surface area (Å²) in [7, 11) is 0. The van der Waals surface area contributed by atoms with E-state index in [0.29, 0.717) is 5.57 Å². The summed E-state index contributed by atoms with van der Waals surface area (Å²) in [6.07, 6.45) is 7.65. The average molecular weight is 226 g/mol. The lowest BCUT2D eigenvalue weighted by Gasteiger charge is -2.12. The molecule has 0 aliphatic carbocycles. The smallest absolute Gasteiger partial charge is 0.333 e. The van der Waals surface area contributed by atoms with Gasteiger partial charge in [0, 0.05) is 5.57 Å². The summed E-state index contributed by atoms with van der Waals surface area (Å²) in [5.74, 6) is -0.218. The molecular weight excluding hydrogens is 200 g/mol. The third kappa shape index (κ3) is 7.49. The maximum absolute atomic E-state index is 11.5. The number of ether oxygens (including phenoxy) is 1. The van der Waals surface area contributed by atoms with Crippen LogP contribution >= 0.6 is 0 Å². The first-order chi connectivity index (χ1) is 7.61. The van der Waals surface area contributed by atoms with Crippen molar-refractivity contribution in [1.82, 2.24) is 0 Å². The highest BCUT2D eigenvalue weighted by Crippen LogP contribution is 2.12. The molecule has 0 aromatic carbocycles. The summed E-state index contributed by atoms with van der Waals surface area (Å²) >= 11 is 0. The van der Waals surface area contributed by atoms with Crippen LogP contribution < -0.4 is 0 Å². The number of carbonyl (C=O) groups is 1. The number of hydrogen-bond acceptors (Lipinski definition) is 2. The number of esters is 1. The Balaban J connectivity index is 3.59. The molecule has 1 unspecified atom stereocenters. The fourth-order valence-corrected chi connectivity index (χ4v) is 1.39. The maximum Gasteiger partial charge on any atom is 0.333 e. The molecule has 0 spiro atoms. The highest BCUT2D eigenvalue weighted by atomic mass is 16.5. The van der Waals surface area contributed by atoms with Gasteiger partial charge in [0.1, 0.15) is 0 Å². The molecule has 0 aromatic heterocycles. The van der Waals surface area contributed by atoms with Crippen molar-refractivity contribution in [2.45, 2.75) is 71.8 Å². The molecule has 16 heavy (non-hydrogen) atoms. The molecule has 0 saturated carbocycles. The molecule has 0 fully saturated rings. The first-order valence-corrected chi connectivity index (χ1v) is 6.50. The van der Waals surface area contributed by atoms with E-state index in [1.165, 1.54) is 25.7 Å². The van der Waals surface area contributed by atoms with Crippen LogP contribution in [-0.2, 0) is 9.53 Å². The van der Waals surface area contributed by atoms with Gasteiger partial charge in [-0.1, -0.05) is 46.1 Å². The molecule has 0 amide bonds. The van der Waals surface area contributed by atoms with Crippen LogP contribution in [0.5, 0.6) is 0 Å². The van der Waals surface area contributed by atoms with Gasteiger partial charge in [0.2, 0.25) is 0 Å². The van der Waals surface area contributed by atoms with Crippen LogP contribution in [0, 0.1) is 0 Å². The average Bonchev–Trinajstić information content (AvgIpc) is 2.28. The van der Waals surface area contributed by atoms with Crippen molar-refractivity contribution in [3.63, 3.8) is 0 Å². The van der Waals surface area contributed by atoms with Gasteiger partial charge in [0.15, 0.2) is 0 Å². The van der Waals surface area contributed by atoms with Gasteiger partial charge in [-0.25, -0.2) is 4.79 Å². The lowest BCUT2D eigenvalue weighted by atomic mass is 10.1. The molecule has 1 atom stereocenters. The predicted octanol–water partition coefficient (Wildman–Crippen LogP) is 4.24. The maximum atomic E-state index is 11.5.